The molecule has 0 saturated heterocycles. The van der Waals surface area contributed by atoms with E-state index in [1.807, 2.05) is 55.5 Å². The molecule has 0 aliphatic heterocycles. The number of hydrogen-bond acceptors (Lipinski definition) is 5. The van der Waals surface area contributed by atoms with E-state index in [4.69, 9.17) is 4.74 Å². The molecule has 2 aromatic carbocycles. The fraction of sp³-hybridized carbons (Fsp3) is 0.0870. The monoisotopic (exact) mass is 384 g/mol. The Bertz CT molecular complexity index is 1170. The van der Waals surface area contributed by atoms with E-state index in [9.17, 15) is 4.79 Å². The first-order valence-electron chi connectivity index (χ1n) is 9.17. The highest BCUT2D eigenvalue weighted by Gasteiger charge is 2.11. The van der Waals surface area contributed by atoms with Crippen LogP contribution in [0.15, 0.2) is 73.1 Å². The van der Waals surface area contributed by atoms with E-state index < -0.39 is 0 Å². The number of nitrogens with one attached hydrogen (secondary N) is 2. The van der Waals surface area contributed by atoms with Crippen molar-refractivity contribution in [1.29, 1.82) is 0 Å². The van der Waals surface area contributed by atoms with Crippen LogP contribution in [0.3, 0.4) is 0 Å². The number of benzene rings is 2. The number of anilines is 3. The molecule has 0 spiro atoms. The average Bonchev–Trinajstić information content (AvgIpc) is 2.75. The molecule has 4 aromatic rings. The molecule has 0 bridgehead atoms. The normalized spacial score (nSPS) is 10.6. The lowest BCUT2D eigenvalue weighted by Crippen LogP contribution is -2.13. The van der Waals surface area contributed by atoms with Gasteiger partial charge in [-0.2, -0.15) is 0 Å². The van der Waals surface area contributed by atoms with Crippen molar-refractivity contribution in [2.24, 2.45) is 0 Å². The SMILES string of the molecule is COc1ccc(C)cc1NC(=O)c1ccc(Nc2cccc3cccnc23)nc1. The van der Waals surface area contributed by atoms with Gasteiger partial charge >= 0.3 is 0 Å². The minimum absolute atomic E-state index is 0.250. The van der Waals surface area contributed by atoms with E-state index >= 15 is 0 Å². The van der Waals surface area contributed by atoms with Crippen LogP contribution in [0.1, 0.15) is 15.9 Å². The van der Waals surface area contributed by atoms with Gasteiger partial charge in [-0.05, 0) is 48.9 Å². The van der Waals surface area contributed by atoms with Crippen LogP contribution < -0.4 is 15.4 Å². The third-order valence-corrected chi connectivity index (χ3v) is 4.52. The maximum absolute atomic E-state index is 12.6. The fourth-order valence-electron chi connectivity index (χ4n) is 3.06. The number of rotatable bonds is 5. The highest BCUT2D eigenvalue weighted by atomic mass is 16.5. The number of fused-ring (bicyclic) bond motifs is 1. The van der Waals surface area contributed by atoms with Gasteiger partial charge in [-0.1, -0.05) is 24.3 Å². The number of pyridine rings is 2. The van der Waals surface area contributed by atoms with Crippen LogP contribution in [0.25, 0.3) is 10.9 Å². The molecule has 29 heavy (non-hydrogen) atoms. The van der Waals surface area contributed by atoms with Crippen LogP contribution in [0.4, 0.5) is 17.2 Å². The summed E-state index contributed by atoms with van der Waals surface area (Å²) in [6.07, 6.45) is 3.30. The topological polar surface area (TPSA) is 76.1 Å². The van der Waals surface area contributed by atoms with Crippen molar-refractivity contribution >= 4 is 34.0 Å². The lowest BCUT2D eigenvalue weighted by atomic mass is 10.2. The summed E-state index contributed by atoms with van der Waals surface area (Å²) >= 11 is 0. The van der Waals surface area contributed by atoms with Gasteiger partial charge in [0.1, 0.15) is 11.6 Å². The fourth-order valence-corrected chi connectivity index (χ4v) is 3.06. The molecule has 0 unspecified atom stereocenters. The summed E-state index contributed by atoms with van der Waals surface area (Å²) in [6.45, 7) is 1.96. The molecule has 0 fully saturated rings. The van der Waals surface area contributed by atoms with Crippen LogP contribution >= 0.6 is 0 Å². The Morgan fingerprint density at radius 3 is 2.62 bits per heavy atom. The summed E-state index contributed by atoms with van der Waals surface area (Å²) in [6, 6.07) is 18.9. The number of nitrogens with zero attached hydrogens (tertiary/aromatic N) is 2. The summed E-state index contributed by atoms with van der Waals surface area (Å²) in [4.78, 5) is 21.4. The lowest BCUT2D eigenvalue weighted by molar-refractivity contribution is 0.102. The Balaban J connectivity index is 1.52. The van der Waals surface area contributed by atoms with Crippen molar-refractivity contribution in [3.8, 4) is 5.75 Å². The number of carbonyl (C=O) groups excluding carboxylic acids is 1. The summed E-state index contributed by atoms with van der Waals surface area (Å²) in [5.41, 5.74) is 3.83. The third-order valence-electron chi connectivity index (χ3n) is 4.52. The molecule has 2 heterocycles. The first-order chi connectivity index (χ1) is 14.1. The predicted octanol–water partition coefficient (Wildman–Crippen LogP) is 4.94. The lowest BCUT2D eigenvalue weighted by Gasteiger charge is -2.12. The van der Waals surface area contributed by atoms with Crippen molar-refractivity contribution in [3.05, 3.63) is 84.2 Å². The quantitative estimate of drug-likeness (QED) is 0.509. The Labute approximate surface area is 168 Å². The van der Waals surface area contributed by atoms with Gasteiger partial charge < -0.3 is 15.4 Å². The van der Waals surface area contributed by atoms with Crippen molar-refractivity contribution < 1.29 is 9.53 Å². The van der Waals surface area contributed by atoms with Crippen LogP contribution in [0.5, 0.6) is 5.75 Å². The van der Waals surface area contributed by atoms with Crippen molar-refractivity contribution in [2.75, 3.05) is 17.7 Å². The average molecular weight is 384 g/mol. The second-order valence-corrected chi connectivity index (χ2v) is 6.60. The van der Waals surface area contributed by atoms with Gasteiger partial charge in [0, 0.05) is 17.8 Å². The predicted molar refractivity (Wildman–Crippen MR) is 115 cm³/mol. The third kappa shape index (κ3) is 4.01. The maximum Gasteiger partial charge on any atom is 0.257 e. The van der Waals surface area contributed by atoms with Crippen molar-refractivity contribution in [2.45, 2.75) is 6.92 Å². The van der Waals surface area contributed by atoms with Crippen molar-refractivity contribution in [1.82, 2.24) is 9.97 Å². The first kappa shape index (κ1) is 18.4. The minimum Gasteiger partial charge on any atom is -0.495 e. The zero-order chi connectivity index (χ0) is 20.2. The Kier molecular flexibility index (Phi) is 5.07. The number of methoxy groups -OCH3 is 1. The second-order valence-electron chi connectivity index (χ2n) is 6.60. The first-order valence-corrected chi connectivity index (χ1v) is 9.17. The Morgan fingerprint density at radius 2 is 1.83 bits per heavy atom. The molecule has 0 saturated carbocycles. The molecule has 6 heteroatoms. The highest BCUT2D eigenvalue weighted by Crippen LogP contribution is 2.26. The van der Waals surface area contributed by atoms with E-state index in [0.29, 0.717) is 22.8 Å². The largest absolute Gasteiger partial charge is 0.495 e. The summed E-state index contributed by atoms with van der Waals surface area (Å²) < 4.78 is 5.31. The second kappa shape index (κ2) is 7.98. The van der Waals surface area contributed by atoms with E-state index in [1.54, 1.807) is 31.6 Å². The molecule has 144 valence electrons. The molecule has 0 aliphatic carbocycles. The summed E-state index contributed by atoms with van der Waals surface area (Å²) in [7, 11) is 1.57. The van der Waals surface area contributed by atoms with Crippen LogP contribution in [-0.4, -0.2) is 23.0 Å². The molecular formula is C23H20N4O2. The van der Waals surface area contributed by atoms with Gasteiger partial charge in [-0.3, -0.25) is 9.78 Å². The van der Waals surface area contributed by atoms with Gasteiger partial charge in [0.05, 0.1) is 29.6 Å². The standard InChI is InChI=1S/C23H20N4O2/c1-15-8-10-20(29-2)19(13-15)27-23(28)17-9-11-21(25-14-17)26-18-7-3-5-16-6-4-12-24-22(16)18/h3-14H,1-2H3,(H,25,26)(H,27,28). The molecule has 4 rings (SSSR count). The number of amides is 1. The molecule has 0 aliphatic rings. The minimum atomic E-state index is -0.250. The molecule has 2 aromatic heterocycles. The van der Waals surface area contributed by atoms with Gasteiger partial charge in [-0.25, -0.2) is 4.98 Å². The van der Waals surface area contributed by atoms with Crippen LogP contribution in [-0.2, 0) is 0 Å². The van der Waals surface area contributed by atoms with E-state index in [-0.39, 0.29) is 5.91 Å². The van der Waals surface area contributed by atoms with Gasteiger partial charge in [0.15, 0.2) is 0 Å². The smallest absolute Gasteiger partial charge is 0.257 e. The number of hydrogen-bond donors (Lipinski definition) is 2. The summed E-state index contributed by atoms with van der Waals surface area (Å²) in [5, 5.41) is 7.18. The Morgan fingerprint density at radius 1 is 0.966 bits per heavy atom. The number of aromatic nitrogens is 2. The molecule has 0 radical (unpaired) electrons. The van der Waals surface area contributed by atoms with Crippen LogP contribution in [0, 0.1) is 6.92 Å². The number of carbonyl (C=O) groups is 1. The maximum atomic E-state index is 12.6. The zero-order valence-electron chi connectivity index (χ0n) is 16.1. The van der Waals surface area contributed by atoms with Crippen molar-refractivity contribution in [3.63, 3.8) is 0 Å². The van der Waals surface area contributed by atoms with Gasteiger partial charge in [0.2, 0.25) is 0 Å². The van der Waals surface area contributed by atoms with E-state index in [0.717, 1.165) is 22.2 Å². The molecule has 6 nitrogen and oxygen atoms in total. The molecular weight excluding hydrogens is 364 g/mol. The zero-order valence-corrected chi connectivity index (χ0v) is 16.1. The highest BCUT2D eigenvalue weighted by molar-refractivity contribution is 6.05. The van der Waals surface area contributed by atoms with E-state index in [1.165, 1.54) is 0 Å². The molecule has 0 atom stereocenters. The number of para-hydroxylation sites is 1. The molecule has 2 N–H and O–H groups in total. The Hall–Kier alpha value is -3.93. The van der Waals surface area contributed by atoms with Crippen LogP contribution in [0.2, 0.25) is 0 Å². The number of ether oxygens (including phenoxy) is 1. The number of aryl methyl sites for hydroxylation is 1. The van der Waals surface area contributed by atoms with Gasteiger partial charge in [-0.15, -0.1) is 0 Å². The summed E-state index contributed by atoms with van der Waals surface area (Å²) in [5.74, 6) is 0.992. The van der Waals surface area contributed by atoms with Gasteiger partial charge in [0.25, 0.3) is 5.91 Å². The van der Waals surface area contributed by atoms with E-state index in [2.05, 4.69) is 20.6 Å². The molecule has 1 amide bonds.